The summed E-state index contributed by atoms with van der Waals surface area (Å²) < 4.78 is 10.3. The normalized spacial score (nSPS) is 20.8. The summed E-state index contributed by atoms with van der Waals surface area (Å²) in [5.41, 5.74) is 1.25. The van der Waals surface area contributed by atoms with E-state index in [1.165, 1.54) is 11.3 Å². The van der Waals surface area contributed by atoms with Gasteiger partial charge in [-0.2, -0.15) is 0 Å². The Morgan fingerprint density at radius 2 is 2.18 bits per heavy atom. The zero-order chi connectivity index (χ0) is 24.1. The summed E-state index contributed by atoms with van der Waals surface area (Å²) >= 11 is 1.47. The Morgan fingerprint density at radius 1 is 1.32 bits per heavy atom. The molecule has 1 unspecified atom stereocenters. The van der Waals surface area contributed by atoms with Crippen molar-refractivity contribution in [3.63, 3.8) is 0 Å². The van der Waals surface area contributed by atoms with E-state index in [-0.39, 0.29) is 44.4 Å². The van der Waals surface area contributed by atoms with Gasteiger partial charge in [-0.05, 0) is 6.92 Å². The number of aliphatic imine (C=N–C) groups is 1. The van der Waals surface area contributed by atoms with Crippen LogP contribution in [0.3, 0.4) is 0 Å². The first kappa shape index (κ1) is 24.1. The fraction of sp³-hybridized carbons (Fsp3) is 0.571. The zero-order valence-electron chi connectivity index (χ0n) is 18.9. The maximum atomic E-state index is 12.7. The summed E-state index contributed by atoms with van der Waals surface area (Å²) in [5, 5.41) is 14.6. The van der Waals surface area contributed by atoms with Gasteiger partial charge >= 0.3 is 18.0 Å². The van der Waals surface area contributed by atoms with Crippen molar-refractivity contribution < 1.29 is 29.0 Å². The molecule has 3 aliphatic rings. The number of hydrogen-bond acceptors (Lipinski definition) is 10. The number of thiazole rings is 1. The molecule has 2 saturated heterocycles. The van der Waals surface area contributed by atoms with Gasteiger partial charge in [-0.25, -0.2) is 19.4 Å². The van der Waals surface area contributed by atoms with Crippen molar-refractivity contribution in [2.45, 2.75) is 13.0 Å². The summed E-state index contributed by atoms with van der Waals surface area (Å²) in [4.78, 5) is 50.4. The van der Waals surface area contributed by atoms with Crippen LogP contribution < -0.4 is 5.32 Å². The minimum Gasteiger partial charge on any atom is -0.480 e. The number of aromatic nitrogens is 1. The Morgan fingerprint density at radius 3 is 2.91 bits per heavy atom. The molecule has 2 amide bonds. The summed E-state index contributed by atoms with van der Waals surface area (Å²) in [5.74, 6) is -0.772. The number of aliphatic carboxylic acids is 1. The molecule has 0 radical (unpaired) electrons. The van der Waals surface area contributed by atoms with E-state index < -0.39 is 5.97 Å². The average Bonchev–Trinajstić information content (AvgIpc) is 3.45. The number of ether oxygens (including phenoxy) is 2. The van der Waals surface area contributed by atoms with Gasteiger partial charge in [-0.15, -0.1) is 11.3 Å². The number of piperazine rings is 1. The number of carboxylic acid groups (broad SMARTS) is 1. The SMILES string of the molecule is CCOC(=O)C1=C(CN2CCN3C(=O)N(CCOCC(=O)O)CC3C2)NC(c2nccs2)=NC1. The fourth-order valence-corrected chi connectivity index (χ4v) is 4.84. The highest BCUT2D eigenvalue weighted by molar-refractivity contribution is 7.11. The average molecular weight is 493 g/mol. The fourth-order valence-electron chi connectivity index (χ4n) is 4.24. The van der Waals surface area contributed by atoms with Crippen LogP contribution in [0.15, 0.2) is 27.8 Å². The number of esters is 1. The van der Waals surface area contributed by atoms with E-state index in [1.807, 2.05) is 10.3 Å². The molecule has 3 aliphatic heterocycles. The first-order valence-corrected chi connectivity index (χ1v) is 12.0. The van der Waals surface area contributed by atoms with E-state index in [9.17, 15) is 14.4 Å². The number of amides is 2. The Labute approximate surface area is 200 Å². The van der Waals surface area contributed by atoms with E-state index in [0.717, 1.165) is 10.7 Å². The van der Waals surface area contributed by atoms with Crippen molar-refractivity contribution >= 4 is 35.1 Å². The van der Waals surface area contributed by atoms with Gasteiger partial charge in [0.25, 0.3) is 0 Å². The highest BCUT2D eigenvalue weighted by atomic mass is 32.1. The number of nitrogens with one attached hydrogen (secondary N) is 1. The van der Waals surface area contributed by atoms with E-state index in [2.05, 4.69) is 20.2 Å². The third-order valence-electron chi connectivity index (χ3n) is 5.81. The lowest BCUT2D eigenvalue weighted by Crippen LogP contribution is -2.53. The summed E-state index contributed by atoms with van der Waals surface area (Å²) in [6.45, 7) is 5.38. The molecule has 13 heteroatoms. The number of carboxylic acids is 1. The third kappa shape index (κ3) is 5.54. The minimum absolute atomic E-state index is 0.0167. The van der Waals surface area contributed by atoms with Crippen LogP contribution in [0.4, 0.5) is 4.79 Å². The van der Waals surface area contributed by atoms with Crippen molar-refractivity contribution in [3.8, 4) is 0 Å². The molecule has 12 nitrogen and oxygen atoms in total. The van der Waals surface area contributed by atoms with Crippen LogP contribution in [-0.2, 0) is 19.1 Å². The second-order valence-electron chi connectivity index (χ2n) is 8.06. The third-order valence-corrected chi connectivity index (χ3v) is 6.59. The molecule has 1 aromatic rings. The van der Waals surface area contributed by atoms with Crippen molar-refractivity contribution in [3.05, 3.63) is 27.9 Å². The maximum Gasteiger partial charge on any atom is 0.337 e. The van der Waals surface area contributed by atoms with Crippen molar-refractivity contribution in [2.75, 3.05) is 65.6 Å². The summed E-state index contributed by atoms with van der Waals surface area (Å²) in [6, 6.07) is -0.0351. The van der Waals surface area contributed by atoms with Crippen molar-refractivity contribution in [1.82, 2.24) is 25.0 Å². The number of hydrogen-bond donors (Lipinski definition) is 2. The van der Waals surface area contributed by atoms with Gasteiger partial charge in [0, 0.05) is 56.5 Å². The molecule has 4 heterocycles. The first-order valence-electron chi connectivity index (χ1n) is 11.1. The lowest BCUT2D eigenvalue weighted by molar-refractivity contribution is -0.142. The van der Waals surface area contributed by atoms with Crippen LogP contribution in [0, 0.1) is 0 Å². The second kappa shape index (κ2) is 10.9. The van der Waals surface area contributed by atoms with Crippen LogP contribution in [0.2, 0.25) is 0 Å². The number of carbonyl (C=O) groups is 3. The Hall–Kier alpha value is -3.03. The topological polar surface area (TPSA) is 137 Å². The molecule has 0 spiro atoms. The molecule has 2 fully saturated rings. The monoisotopic (exact) mass is 492 g/mol. The number of fused-ring (bicyclic) bond motifs is 1. The molecular formula is C21H28N6O6S. The smallest absolute Gasteiger partial charge is 0.337 e. The van der Waals surface area contributed by atoms with Crippen LogP contribution in [0.1, 0.15) is 11.9 Å². The van der Waals surface area contributed by atoms with Crippen LogP contribution in [0.25, 0.3) is 0 Å². The highest BCUT2D eigenvalue weighted by Crippen LogP contribution is 2.22. The van der Waals surface area contributed by atoms with Crippen LogP contribution in [-0.4, -0.2) is 120 Å². The number of nitrogens with zero attached hydrogens (tertiary/aromatic N) is 5. The van der Waals surface area contributed by atoms with Crippen LogP contribution in [0.5, 0.6) is 0 Å². The predicted octanol–water partition coefficient (Wildman–Crippen LogP) is -0.167. The number of carbonyl (C=O) groups excluding carboxylic acids is 2. The van der Waals surface area contributed by atoms with Gasteiger partial charge < -0.3 is 29.7 Å². The van der Waals surface area contributed by atoms with Crippen LogP contribution >= 0.6 is 11.3 Å². The van der Waals surface area contributed by atoms with E-state index >= 15 is 0 Å². The number of amidine groups is 1. The lowest BCUT2D eigenvalue weighted by Gasteiger charge is -2.37. The summed E-state index contributed by atoms with van der Waals surface area (Å²) in [6.07, 6.45) is 1.71. The quantitative estimate of drug-likeness (QED) is 0.337. The predicted molar refractivity (Wildman–Crippen MR) is 123 cm³/mol. The molecule has 34 heavy (non-hydrogen) atoms. The number of urea groups is 1. The van der Waals surface area contributed by atoms with Crippen molar-refractivity contribution in [2.24, 2.45) is 4.99 Å². The largest absolute Gasteiger partial charge is 0.480 e. The molecule has 1 aromatic heterocycles. The molecule has 0 saturated carbocycles. The molecular weight excluding hydrogens is 464 g/mol. The van der Waals surface area contributed by atoms with E-state index in [4.69, 9.17) is 14.6 Å². The molecule has 0 aromatic carbocycles. The standard InChI is InChI=1S/C21H28N6O6S/c1-2-33-20(30)15-9-23-18(19-22-3-8-34-19)24-16(15)12-25-4-5-27-14(10-25)11-26(21(27)31)6-7-32-13-17(28)29/h3,8,14H,2,4-7,9-13H2,1H3,(H,23,24)(H,28,29). The molecule has 184 valence electrons. The minimum atomic E-state index is -1.03. The first-order chi connectivity index (χ1) is 16.5. The van der Waals surface area contributed by atoms with Gasteiger partial charge in [0.1, 0.15) is 6.61 Å². The number of rotatable bonds is 10. The van der Waals surface area contributed by atoms with Crippen molar-refractivity contribution in [1.29, 1.82) is 0 Å². The molecule has 0 bridgehead atoms. The Bertz CT molecular complexity index is 980. The van der Waals surface area contributed by atoms with E-state index in [0.29, 0.717) is 50.7 Å². The van der Waals surface area contributed by atoms with E-state index in [1.54, 1.807) is 18.0 Å². The van der Waals surface area contributed by atoms with Gasteiger partial charge in [-0.3, -0.25) is 9.89 Å². The summed E-state index contributed by atoms with van der Waals surface area (Å²) in [7, 11) is 0. The lowest BCUT2D eigenvalue weighted by atomic mass is 10.1. The molecule has 2 N–H and O–H groups in total. The Kier molecular flexibility index (Phi) is 7.75. The zero-order valence-corrected chi connectivity index (χ0v) is 19.8. The molecule has 4 rings (SSSR count). The Balaban J connectivity index is 1.39. The molecule has 1 atom stereocenters. The molecule has 0 aliphatic carbocycles. The van der Waals surface area contributed by atoms with Gasteiger partial charge in [-0.1, -0.05) is 0 Å². The van der Waals surface area contributed by atoms with Gasteiger partial charge in [0.05, 0.1) is 31.4 Å². The maximum absolute atomic E-state index is 12.7. The van der Waals surface area contributed by atoms with Gasteiger partial charge in [0.15, 0.2) is 10.8 Å². The second-order valence-corrected chi connectivity index (χ2v) is 8.96. The highest BCUT2D eigenvalue weighted by Gasteiger charge is 2.40. The van der Waals surface area contributed by atoms with Gasteiger partial charge in [0.2, 0.25) is 0 Å².